The summed E-state index contributed by atoms with van der Waals surface area (Å²) in [6.45, 7) is 8.21. The maximum atomic E-state index is 8.21. The normalized spacial score (nSPS) is 13.4. The lowest BCUT2D eigenvalue weighted by Crippen LogP contribution is -2.32. The largest absolute Gasteiger partial charge is 0.310 e. The maximum absolute atomic E-state index is 8.21. The zero-order valence-electron chi connectivity index (χ0n) is 32.0. The molecular weight excluding hydrogens is 751 g/mol. The summed E-state index contributed by atoms with van der Waals surface area (Å²) in [5.74, 6) is 0. The van der Waals surface area contributed by atoms with Crippen LogP contribution in [-0.4, -0.2) is 19.1 Å². The lowest BCUT2D eigenvalue weighted by atomic mass is 9.67. The number of hydrogen-bond acceptors (Lipinski definition) is 3. The number of hydrogen-bond donors (Lipinski definition) is 0. The van der Waals surface area contributed by atoms with E-state index in [1.807, 2.05) is 36.3 Å². The number of nitrogens with zero attached hydrogens (tertiary/aromatic N) is 5. The third-order valence-corrected chi connectivity index (χ3v) is 13.8. The Kier molecular flexibility index (Phi) is 6.87. The third kappa shape index (κ3) is 4.42. The van der Waals surface area contributed by atoms with Gasteiger partial charge in [0.05, 0.1) is 45.4 Å². The van der Waals surface area contributed by atoms with Crippen molar-refractivity contribution in [3.8, 4) is 33.9 Å². The first-order valence-electron chi connectivity index (χ1n) is 20.1. The Bertz CT molecular complexity index is 3580. The van der Waals surface area contributed by atoms with Gasteiger partial charge in [0.15, 0.2) is 5.69 Å². The number of aromatic nitrogens is 4. The average Bonchev–Trinajstić information content (AvgIpc) is 3.93. The molecule has 1 spiro atoms. The second-order valence-electron chi connectivity index (χ2n) is 15.6. The van der Waals surface area contributed by atoms with Gasteiger partial charge in [-0.05, 0) is 112 Å². The molecule has 0 amide bonds. The van der Waals surface area contributed by atoms with Gasteiger partial charge in [-0.25, -0.2) is 4.85 Å². The van der Waals surface area contributed by atoms with Crippen molar-refractivity contribution in [1.82, 2.24) is 19.1 Å². The van der Waals surface area contributed by atoms with Crippen LogP contribution in [0.25, 0.3) is 82.3 Å². The molecule has 6 heteroatoms. The van der Waals surface area contributed by atoms with E-state index in [1.54, 1.807) is 0 Å². The lowest BCUT2D eigenvalue weighted by molar-refractivity contribution is 0.720. The number of benzene rings is 7. The van der Waals surface area contributed by atoms with Crippen LogP contribution in [0.2, 0.25) is 0 Å². The summed E-state index contributed by atoms with van der Waals surface area (Å²) in [6, 6.07) is 63.2. The predicted molar refractivity (Wildman–Crippen MR) is 244 cm³/mol. The Morgan fingerprint density at radius 2 is 0.933 bits per heavy atom. The first-order chi connectivity index (χ1) is 29.7. The van der Waals surface area contributed by atoms with Crippen LogP contribution in [0, 0.1) is 6.57 Å². The smallest absolute Gasteiger partial charge is 0.191 e. The molecule has 0 atom stereocenters. The Balaban J connectivity index is 1.02. The van der Waals surface area contributed by atoms with E-state index in [-0.39, 0.29) is 0 Å². The van der Waals surface area contributed by atoms with E-state index < -0.39 is 5.41 Å². The Morgan fingerprint density at radius 1 is 0.433 bits per heavy atom. The van der Waals surface area contributed by atoms with Crippen molar-refractivity contribution in [2.75, 3.05) is 0 Å². The second kappa shape index (κ2) is 12.4. The van der Waals surface area contributed by atoms with Crippen molar-refractivity contribution in [3.05, 3.63) is 222 Å². The minimum Gasteiger partial charge on any atom is -0.310 e. The Hall–Kier alpha value is -7.72. The third-order valence-electron chi connectivity index (χ3n) is 12.7. The van der Waals surface area contributed by atoms with Crippen molar-refractivity contribution in [1.29, 1.82) is 0 Å². The van der Waals surface area contributed by atoms with Crippen LogP contribution < -0.4 is 0 Å². The van der Waals surface area contributed by atoms with Gasteiger partial charge < -0.3 is 9.13 Å². The van der Waals surface area contributed by atoms with Gasteiger partial charge in [-0.3, -0.25) is 9.97 Å². The molecule has 13 rings (SSSR count). The molecule has 7 aromatic carbocycles. The van der Waals surface area contributed by atoms with E-state index in [9.17, 15) is 0 Å². The molecule has 4 aromatic heterocycles. The molecular formula is C54H31N5S. The van der Waals surface area contributed by atoms with Crippen molar-refractivity contribution in [2.24, 2.45) is 0 Å². The topological polar surface area (TPSA) is 40.0 Å². The minimum atomic E-state index is -0.553. The van der Waals surface area contributed by atoms with Crippen LogP contribution >= 0.6 is 11.8 Å². The van der Waals surface area contributed by atoms with E-state index in [0.717, 1.165) is 66.7 Å². The molecule has 0 radical (unpaired) electrons. The summed E-state index contributed by atoms with van der Waals surface area (Å²) in [7, 11) is 0. The molecule has 1 aliphatic heterocycles. The first kappa shape index (κ1) is 33.3. The highest BCUT2D eigenvalue weighted by molar-refractivity contribution is 7.99. The predicted octanol–water partition coefficient (Wildman–Crippen LogP) is 13.7. The average molecular weight is 782 g/mol. The molecule has 0 fully saturated rings. The number of fused-ring (bicyclic) bond motifs is 15. The van der Waals surface area contributed by atoms with Crippen molar-refractivity contribution < 1.29 is 0 Å². The van der Waals surface area contributed by atoms with Gasteiger partial charge in [-0.1, -0.05) is 109 Å². The maximum Gasteiger partial charge on any atom is 0.191 e. The molecule has 11 aromatic rings. The Morgan fingerprint density at radius 3 is 1.57 bits per heavy atom. The van der Waals surface area contributed by atoms with Crippen LogP contribution in [0.5, 0.6) is 0 Å². The SMILES string of the molecule is [C-]#[N+]c1cc(-n2c3ccccc3c3ccccc32)cc(-n2c3ccccc3c3cc(-c4ccc5c(c4)C4(c6ccccc6S5)c5cccnc5-c5ncccc54)ccc32)c1. The second-order valence-corrected chi connectivity index (χ2v) is 16.7. The zero-order chi connectivity index (χ0) is 39.5. The first-order valence-corrected chi connectivity index (χ1v) is 20.9. The van der Waals surface area contributed by atoms with E-state index in [2.05, 4.69) is 178 Å². The molecule has 2 aliphatic rings. The Labute approximate surface area is 349 Å². The van der Waals surface area contributed by atoms with Crippen LogP contribution in [-0.2, 0) is 5.41 Å². The van der Waals surface area contributed by atoms with Gasteiger partial charge in [-0.2, -0.15) is 0 Å². The van der Waals surface area contributed by atoms with Crippen LogP contribution in [0.15, 0.2) is 198 Å². The molecule has 0 N–H and O–H groups in total. The van der Waals surface area contributed by atoms with Crippen LogP contribution in [0.3, 0.4) is 0 Å². The van der Waals surface area contributed by atoms with E-state index in [1.165, 1.54) is 42.8 Å². The summed E-state index contributed by atoms with van der Waals surface area (Å²) < 4.78 is 4.62. The van der Waals surface area contributed by atoms with Crippen molar-refractivity contribution >= 4 is 61.1 Å². The monoisotopic (exact) mass is 781 g/mol. The van der Waals surface area contributed by atoms with Gasteiger partial charge >= 0.3 is 0 Å². The van der Waals surface area contributed by atoms with Crippen molar-refractivity contribution in [2.45, 2.75) is 15.2 Å². The number of pyridine rings is 2. The number of rotatable bonds is 3. The fraction of sp³-hybridized carbons (Fsp3) is 0.0185. The highest BCUT2D eigenvalue weighted by Crippen LogP contribution is 2.61. The zero-order valence-corrected chi connectivity index (χ0v) is 32.9. The van der Waals surface area contributed by atoms with Crippen LogP contribution in [0.1, 0.15) is 22.3 Å². The molecule has 278 valence electrons. The van der Waals surface area contributed by atoms with E-state index >= 15 is 0 Å². The van der Waals surface area contributed by atoms with Crippen molar-refractivity contribution in [3.63, 3.8) is 0 Å². The molecule has 0 bridgehead atoms. The lowest BCUT2D eigenvalue weighted by Gasteiger charge is -2.39. The molecule has 0 saturated heterocycles. The molecule has 0 saturated carbocycles. The summed E-state index contributed by atoms with van der Waals surface area (Å²) >= 11 is 1.84. The fourth-order valence-corrected chi connectivity index (χ4v) is 11.4. The minimum absolute atomic E-state index is 0.553. The molecule has 0 unspecified atom stereocenters. The molecule has 60 heavy (non-hydrogen) atoms. The highest BCUT2D eigenvalue weighted by atomic mass is 32.2. The van der Waals surface area contributed by atoms with Gasteiger partial charge in [0.1, 0.15) is 0 Å². The quantitative estimate of drug-likeness (QED) is 0.168. The summed E-state index contributed by atoms with van der Waals surface area (Å²) in [5, 5.41) is 4.71. The van der Waals surface area contributed by atoms with Gasteiger partial charge in [0.25, 0.3) is 0 Å². The molecule has 5 nitrogen and oxygen atoms in total. The summed E-state index contributed by atoms with van der Waals surface area (Å²) in [4.78, 5) is 16.4. The fourth-order valence-electron chi connectivity index (χ4n) is 10.3. The standard InChI is InChI=1S/C54H31N5S/c1-55-35-30-36(58-46-18-6-2-12-38(46)39-13-3-7-19-47(39)58)32-37(31-35)59-48-20-8-4-14-40(48)41-28-33(22-24-49(41)59)34-23-25-51-45(29-34)54(42-15-5-9-21-50(42)60-51)43-16-10-26-56-52(43)53-44(54)17-11-27-57-53/h2-32H. The number of para-hydroxylation sites is 3. The van der Waals surface area contributed by atoms with Gasteiger partial charge in [0.2, 0.25) is 0 Å². The van der Waals surface area contributed by atoms with E-state index in [4.69, 9.17) is 16.5 Å². The van der Waals surface area contributed by atoms with E-state index in [0.29, 0.717) is 5.69 Å². The van der Waals surface area contributed by atoms with Gasteiger partial charge in [-0.15, -0.1) is 0 Å². The van der Waals surface area contributed by atoms with Crippen LogP contribution in [0.4, 0.5) is 5.69 Å². The highest BCUT2D eigenvalue weighted by Gasteiger charge is 2.51. The van der Waals surface area contributed by atoms with Gasteiger partial charge in [0, 0.05) is 55.1 Å². The summed E-state index contributed by atoms with van der Waals surface area (Å²) in [5.41, 5.74) is 15.4. The molecule has 5 heterocycles. The summed E-state index contributed by atoms with van der Waals surface area (Å²) in [6.07, 6.45) is 3.76. The molecule has 1 aliphatic carbocycles.